The average molecular weight is 363 g/mol. The molecule has 1 aromatic heterocycles. The van der Waals surface area contributed by atoms with Gasteiger partial charge in [-0.05, 0) is 24.6 Å². The third kappa shape index (κ3) is 5.53. The largest absolute Gasteiger partial charge is 0.354 e. The van der Waals surface area contributed by atoms with Crippen LogP contribution in [0.1, 0.15) is 20.9 Å². The highest BCUT2D eigenvalue weighted by Crippen LogP contribution is 2.11. The quantitative estimate of drug-likeness (QED) is 0.468. The highest BCUT2D eigenvalue weighted by atomic mass is 32.1. The molecule has 0 aliphatic heterocycles. The number of benzene rings is 1. The van der Waals surface area contributed by atoms with Gasteiger partial charge < -0.3 is 15.5 Å². The molecule has 1 amide bonds. The maximum absolute atomic E-state index is 13.0. The van der Waals surface area contributed by atoms with Crippen LogP contribution in [0.3, 0.4) is 0 Å². The van der Waals surface area contributed by atoms with Gasteiger partial charge in [0.2, 0.25) is 0 Å². The van der Waals surface area contributed by atoms with Gasteiger partial charge in [0.05, 0.1) is 11.2 Å². The normalized spacial score (nSPS) is 11.3. The van der Waals surface area contributed by atoms with Crippen LogP contribution in [0.15, 0.2) is 34.8 Å². The molecule has 0 spiro atoms. The number of halogens is 1. The van der Waals surface area contributed by atoms with E-state index in [1.807, 2.05) is 18.9 Å². The van der Waals surface area contributed by atoms with Crippen molar-refractivity contribution >= 4 is 23.2 Å². The first-order chi connectivity index (χ1) is 12.0. The number of carbonyl (C=O) groups is 1. The smallest absolute Gasteiger partial charge is 0.263 e. The van der Waals surface area contributed by atoms with Crippen LogP contribution in [0.2, 0.25) is 0 Å². The number of guanidine groups is 1. The number of rotatable bonds is 6. The molecule has 6 nitrogen and oxygen atoms in total. The summed E-state index contributed by atoms with van der Waals surface area (Å²) in [6.45, 7) is 3.44. The summed E-state index contributed by atoms with van der Waals surface area (Å²) >= 11 is 1.33. The number of aromatic nitrogens is 1. The fraction of sp³-hybridized carbons (Fsp3) is 0.353. The maximum Gasteiger partial charge on any atom is 0.263 e. The fourth-order valence-electron chi connectivity index (χ4n) is 2.27. The lowest BCUT2D eigenvalue weighted by Gasteiger charge is -2.22. The van der Waals surface area contributed by atoms with Crippen molar-refractivity contribution in [2.24, 2.45) is 4.99 Å². The van der Waals surface area contributed by atoms with Crippen LogP contribution in [0.4, 0.5) is 4.39 Å². The van der Waals surface area contributed by atoms with Crippen molar-refractivity contribution in [2.75, 3.05) is 27.2 Å². The first-order valence-corrected chi connectivity index (χ1v) is 8.73. The Labute approximate surface area is 150 Å². The van der Waals surface area contributed by atoms with Crippen LogP contribution in [-0.2, 0) is 6.54 Å². The zero-order chi connectivity index (χ0) is 18.2. The second-order valence-corrected chi connectivity index (χ2v) is 6.33. The van der Waals surface area contributed by atoms with E-state index in [1.165, 1.54) is 23.5 Å². The van der Waals surface area contributed by atoms with Crippen molar-refractivity contribution in [3.05, 3.63) is 51.7 Å². The van der Waals surface area contributed by atoms with E-state index in [0.29, 0.717) is 30.5 Å². The number of thiazole rings is 1. The SMILES string of the molecule is CN=C(NCCNC(=O)c1scnc1C)N(C)Cc1ccc(F)cc1. The second-order valence-electron chi connectivity index (χ2n) is 5.48. The number of hydrogen-bond donors (Lipinski definition) is 2. The van der Waals surface area contributed by atoms with Gasteiger partial charge in [-0.25, -0.2) is 9.37 Å². The predicted molar refractivity (Wildman–Crippen MR) is 98.4 cm³/mol. The lowest BCUT2D eigenvalue weighted by molar-refractivity contribution is 0.0957. The molecule has 8 heteroatoms. The van der Waals surface area contributed by atoms with Crippen molar-refractivity contribution in [1.82, 2.24) is 20.5 Å². The topological polar surface area (TPSA) is 69.6 Å². The highest BCUT2D eigenvalue weighted by molar-refractivity contribution is 7.11. The summed E-state index contributed by atoms with van der Waals surface area (Å²) < 4.78 is 13.0. The van der Waals surface area contributed by atoms with Gasteiger partial charge >= 0.3 is 0 Å². The molecule has 2 N–H and O–H groups in total. The minimum absolute atomic E-state index is 0.114. The van der Waals surface area contributed by atoms with Gasteiger partial charge in [0.25, 0.3) is 5.91 Å². The van der Waals surface area contributed by atoms with Crippen molar-refractivity contribution in [2.45, 2.75) is 13.5 Å². The first-order valence-electron chi connectivity index (χ1n) is 7.85. The molecule has 0 saturated heterocycles. The molecule has 0 aliphatic rings. The van der Waals surface area contributed by atoms with Crippen LogP contribution < -0.4 is 10.6 Å². The lowest BCUT2D eigenvalue weighted by atomic mass is 10.2. The Balaban J connectivity index is 1.77. The summed E-state index contributed by atoms with van der Waals surface area (Å²) in [5.74, 6) is 0.338. The summed E-state index contributed by atoms with van der Waals surface area (Å²) in [7, 11) is 3.60. The number of nitrogens with zero attached hydrogens (tertiary/aromatic N) is 3. The number of hydrogen-bond acceptors (Lipinski definition) is 4. The predicted octanol–water partition coefficient (Wildman–Crippen LogP) is 2.03. The number of amides is 1. The molecular weight excluding hydrogens is 341 g/mol. The van der Waals surface area contributed by atoms with Crippen molar-refractivity contribution in [1.29, 1.82) is 0 Å². The third-order valence-corrected chi connectivity index (χ3v) is 4.48. The molecule has 2 rings (SSSR count). The molecule has 0 atom stereocenters. The van der Waals surface area contributed by atoms with Gasteiger partial charge in [-0.1, -0.05) is 12.1 Å². The molecule has 25 heavy (non-hydrogen) atoms. The van der Waals surface area contributed by atoms with Crippen molar-refractivity contribution in [3.8, 4) is 0 Å². The first kappa shape index (κ1) is 18.9. The molecule has 0 bridgehead atoms. The summed E-state index contributed by atoms with van der Waals surface area (Å²) in [4.78, 5) is 22.9. The highest BCUT2D eigenvalue weighted by Gasteiger charge is 2.11. The van der Waals surface area contributed by atoms with Gasteiger partial charge in [0.1, 0.15) is 10.7 Å². The molecule has 0 radical (unpaired) electrons. The summed E-state index contributed by atoms with van der Waals surface area (Å²) in [6, 6.07) is 6.38. The number of carbonyl (C=O) groups excluding carboxylic acids is 1. The number of nitrogens with one attached hydrogen (secondary N) is 2. The van der Waals surface area contributed by atoms with E-state index in [9.17, 15) is 9.18 Å². The Morgan fingerprint density at radius 1 is 1.28 bits per heavy atom. The van der Waals surface area contributed by atoms with Crippen LogP contribution >= 0.6 is 11.3 Å². The third-order valence-electron chi connectivity index (χ3n) is 3.55. The zero-order valence-electron chi connectivity index (χ0n) is 14.5. The fourth-order valence-corrected chi connectivity index (χ4v) is 2.99. The molecule has 0 aliphatic carbocycles. The maximum atomic E-state index is 13.0. The Morgan fingerprint density at radius 3 is 2.56 bits per heavy atom. The lowest BCUT2D eigenvalue weighted by Crippen LogP contribution is -2.42. The molecule has 2 aromatic rings. The Morgan fingerprint density at radius 2 is 1.96 bits per heavy atom. The van der Waals surface area contributed by atoms with Gasteiger partial charge in [-0.3, -0.25) is 9.79 Å². The molecule has 1 heterocycles. The molecular formula is C17H22FN5OS. The van der Waals surface area contributed by atoms with Crippen LogP contribution in [0.25, 0.3) is 0 Å². The Kier molecular flexibility index (Phi) is 6.88. The van der Waals surface area contributed by atoms with E-state index >= 15 is 0 Å². The van der Waals surface area contributed by atoms with Crippen LogP contribution in [-0.4, -0.2) is 48.9 Å². The average Bonchev–Trinajstić information content (AvgIpc) is 3.03. The molecule has 134 valence electrons. The zero-order valence-corrected chi connectivity index (χ0v) is 15.4. The number of aliphatic imine (C=N–C) groups is 1. The van der Waals surface area contributed by atoms with Gasteiger partial charge in [0, 0.05) is 33.7 Å². The Hall–Kier alpha value is -2.48. The van der Waals surface area contributed by atoms with Crippen LogP contribution in [0.5, 0.6) is 0 Å². The van der Waals surface area contributed by atoms with E-state index in [0.717, 1.165) is 11.3 Å². The van der Waals surface area contributed by atoms with E-state index in [-0.39, 0.29) is 11.7 Å². The van der Waals surface area contributed by atoms with Gasteiger partial charge in [0.15, 0.2) is 5.96 Å². The van der Waals surface area contributed by atoms with Crippen molar-refractivity contribution in [3.63, 3.8) is 0 Å². The minimum atomic E-state index is -0.249. The van der Waals surface area contributed by atoms with E-state index < -0.39 is 0 Å². The second kappa shape index (κ2) is 9.12. The molecule has 0 saturated carbocycles. The van der Waals surface area contributed by atoms with Crippen LogP contribution in [0, 0.1) is 12.7 Å². The van der Waals surface area contributed by atoms with E-state index in [2.05, 4.69) is 20.6 Å². The molecule has 1 aromatic carbocycles. The molecule has 0 fully saturated rings. The van der Waals surface area contributed by atoms with Crippen molar-refractivity contribution < 1.29 is 9.18 Å². The number of aryl methyl sites for hydroxylation is 1. The summed E-state index contributed by atoms with van der Waals surface area (Å²) in [5.41, 5.74) is 3.39. The standard InChI is InChI=1S/C17H22FN5OS/c1-12-15(25-11-22-12)16(24)20-8-9-21-17(19-2)23(3)10-13-4-6-14(18)7-5-13/h4-7,11H,8-10H2,1-3H3,(H,19,21)(H,20,24). The Bertz CT molecular complexity index is 729. The molecule has 0 unspecified atom stereocenters. The van der Waals surface area contributed by atoms with Gasteiger partial charge in [-0.15, -0.1) is 11.3 Å². The minimum Gasteiger partial charge on any atom is -0.354 e. The van der Waals surface area contributed by atoms with E-state index in [1.54, 1.807) is 24.7 Å². The van der Waals surface area contributed by atoms with Gasteiger partial charge in [-0.2, -0.15) is 0 Å². The summed E-state index contributed by atoms with van der Waals surface area (Å²) in [6.07, 6.45) is 0. The summed E-state index contributed by atoms with van der Waals surface area (Å²) in [5, 5.41) is 6.04. The van der Waals surface area contributed by atoms with E-state index in [4.69, 9.17) is 0 Å². The monoisotopic (exact) mass is 363 g/mol.